The lowest BCUT2D eigenvalue weighted by Crippen LogP contribution is -2.27. The maximum absolute atomic E-state index is 9.93. The highest BCUT2D eigenvalue weighted by Crippen LogP contribution is 2.35. The van der Waals surface area contributed by atoms with Crippen molar-refractivity contribution in [3.8, 4) is 22.8 Å². The first-order valence-electron chi connectivity index (χ1n) is 7.95. The zero-order valence-corrected chi connectivity index (χ0v) is 14.4. The topological polar surface area (TPSA) is 71.7 Å². The van der Waals surface area contributed by atoms with Gasteiger partial charge in [0.2, 0.25) is 0 Å². The maximum Gasteiger partial charge on any atom is 0.161 e. The Balaban J connectivity index is 2.18. The van der Waals surface area contributed by atoms with E-state index < -0.39 is 0 Å². The van der Waals surface area contributed by atoms with Gasteiger partial charge in [-0.15, -0.1) is 0 Å². The number of aromatic hydroxyl groups is 1. The number of ether oxygens (including phenoxy) is 1. The summed E-state index contributed by atoms with van der Waals surface area (Å²) in [6.45, 7) is 8.66. The Labute approximate surface area is 141 Å². The van der Waals surface area contributed by atoms with Gasteiger partial charge < -0.3 is 15.2 Å². The quantitative estimate of drug-likeness (QED) is 0.765. The van der Waals surface area contributed by atoms with Crippen molar-refractivity contribution in [3.05, 3.63) is 36.8 Å². The summed E-state index contributed by atoms with van der Waals surface area (Å²) in [6.07, 6.45) is 5.33. The van der Waals surface area contributed by atoms with Crippen LogP contribution in [0.1, 0.15) is 27.7 Å². The fourth-order valence-electron chi connectivity index (χ4n) is 2.52. The van der Waals surface area contributed by atoms with E-state index in [0.717, 1.165) is 22.7 Å². The van der Waals surface area contributed by atoms with E-state index in [1.807, 2.05) is 29.7 Å². The zero-order valence-electron chi connectivity index (χ0n) is 14.4. The van der Waals surface area contributed by atoms with E-state index >= 15 is 0 Å². The van der Waals surface area contributed by atoms with Gasteiger partial charge in [-0.3, -0.25) is 9.38 Å². The Morgan fingerprint density at radius 2 is 2.08 bits per heavy atom. The molecule has 0 unspecified atom stereocenters. The number of phenolic OH excluding ortho intramolecular Hbond substituents is 1. The van der Waals surface area contributed by atoms with Gasteiger partial charge >= 0.3 is 0 Å². The number of hydrogen-bond donors (Lipinski definition) is 2. The van der Waals surface area contributed by atoms with Crippen LogP contribution >= 0.6 is 0 Å². The van der Waals surface area contributed by atoms with Gasteiger partial charge in [-0.25, -0.2) is 4.98 Å². The van der Waals surface area contributed by atoms with Crippen LogP contribution in [0.2, 0.25) is 0 Å². The number of aromatic nitrogens is 3. The molecular weight excluding hydrogens is 304 g/mol. The number of nitrogens with zero attached hydrogens (tertiary/aromatic N) is 3. The maximum atomic E-state index is 9.93. The van der Waals surface area contributed by atoms with E-state index in [2.05, 4.69) is 31.1 Å². The molecule has 0 fully saturated rings. The molecule has 0 saturated heterocycles. The van der Waals surface area contributed by atoms with Gasteiger partial charge in [0, 0.05) is 23.5 Å². The molecule has 0 amide bonds. The van der Waals surface area contributed by atoms with Gasteiger partial charge in [0.1, 0.15) is 11.5 Å². The second-order valence-corrected chi connectivity index (χ2v) is 6.60. The largest absolute Gasteiger partial charge is 0.504 e. The highest BCUT2D eigenvalue weighted by atomic mass is 16.5. The summed E-state index contributed by atoms with van der Waals surface area (Å²) in [4.78, 5) is 8.84. The van der Waals surface area contributed by atoms with E-state index in [1.165, 1.54) is 0 Å². The Bertz CT molecular complexity index is 865. The average Bonchev–Trinajstić information content (AvgIpc) is 2.87. The molecule has 0 spiro atoms. The van der Waals surface area contributed by atoms with Crippen LogP contribution in [0.5, 0.6) is 11.5 Å². The summed E-state index contributed by atoms with van der Waals surface area (Å²) in [7, 11) is 0. The predicted molar refractivity (Wildman–Crippen MR) is 94.6 cm³/mol. The Morgan fingerprint density at radius 1 is 1.29 bits per heavy atom. The third-order valence-electron chi connectivity index (χ3n) is 3.46. The van der Waals surface area contributed by atoms with Gasteiger partial charge in [0.15, 0.2) is 17.1 Å². The van der Waals surface area contributed by atoms with E-state index in [9.17, 15) is 5.11 Å². The molecule has 2 N–H and O–H groups in total. The van der Waals surface area contributed by atoms with E-state index in [0.29, 0.717) is 12.4 Å². The number of benzene rings is 1. The van der Waals surface area contributed by atoms with Crippen molar-refractivity contribution in [1.82, 2.24) is 14.4 Å². The molecule has 3 aromatic rings. The SMILES string of the molecule is CCOc1cc(-c2nc3cnccn3c2NC(C)(C)C)ccc1O. The minimum absolute atomic E-state index is 0.122. The molecule has 2 aromatic heterocycles. The average molecular weight is 326 g/mol. The standard InChI is InChI=1S/C18H22N4O2/c1-5-24-14-10-12(6-7-13(14)23)16-17(21-18(2,3)4)22-9-8-19-11-15(22)20-16/h6-11,21,23H,5H2,1-4H3. The van der Waals surface area contributed by atoms with E-state index in [-0.39, 0.29) is 11.3 Å². The first kappa shape index (κ1) is 16.1. The first-order valence-corrected chi connectivity index (χ1v) is 7.95. The normalized spacial score (nSPS) is 11.7. The van der Waals surface area contributed by atoms with Gasteiger partial charge in [-0.2, -0.15) is 0 Å². The van der Waals surface area contributed by atoms with E-state index in [4.69, 9.17) is 9.72 Å². The van der Waals surface area contributed by atoms with Gasteiger partial charge in [-0.05, 0) is 45.9 Å². The number of imidazole rings is 1. The van der Waals surface area contributed by atoms with Crippen molar-refractivity contribution >= 4 is 11.5 Å². The molecule has 2 heterocycles. The highest BCUT2D eigenvalue weighted by Gasteiger charge is 2.20. The molecule has 0 aliphatic rings. The van der Waals surface area contributed by atoms with Crippen LogP contribution in [0.15, 0.2) is 36.8 Å². The molecule has 1 aromatic carbocycles. The van der Waals surface area contributed by atoms with Crippen molar-refractivity contribution in [1.29, 1.82) is 0 Å². The molecule has 0 bridgehead atoms. The molecule has 6 heteroatoms. The molecule has 24 heavy (non-hydrogen) atoms. The van der Waals surface area contributed by atoms with Crippen LogP contribution in [0.3, 0.4) is 0 Å². The zero-order chi connectivity index (χ0) is 17.3. The highest BCUT2D eigenvalue weighted by molar-refractivity contribution is 5.78. The van der Waals surface area contributed by atoms with Crippen molar-refractivity contribution < 1.29 is 9.84 Å². The fourth-order valence-corrected chi connectivity index (χ4v) is 2.52. The predicted octanol–water partition coefficient (Wildman–Crippen LogP) is 3.71. The van der Waals surface area contributed by atoms with Crippen LogP contribution in [0.25, 0.3) is 16.9 Å². The summed E-state index contributed by atoms with van der Waals surface area (Å²) < 4.78 is 7.47. The van der Waals surface area contributed by atoms with Crippen LogP contribution in [0, 0.1) is 0 Å². The molecule has 0 aliphatic heterocycles. The molecule has 126 valence electrons. The smallest absolute Gasteiger partial charge is 0.161 e. The third-order valence-corrected chi connectivity index (χ3v) is 3.46. The summed E-state index contributed by atoms with van der Waals surface area (Å²) in [6, 6.07) is 5.27. The second kappa shape index (κ2) is 6.03. The lowest BCUT2D eigenvalue weighted by Gasteiger charge is -2.22. The molecule has 3 rings (SSSR count). The number of fused-ring (bicyclic) bond motifs is 1. The third kappa shape index (κ3) is 3.13. The van der Waals surface area contributed by atoms with Gasteiger partial charge in [0.05, 0.1) is 12.8 Å². The molecule has 0 aliphatic carbocycles. The van der Waals surface area contributed by atoms with Crippen LogP contribution < -0.4 is 10.1 Å². The summed E-state index contributed by atoms with van der Waals surface area (Å²) >= 11 is 0. The van der Waals surface area contributed by atoms with Crippen LogP contribution in [0.4, 0.5) is 5.82 Å². The van der Waals surface area contributed by atoms with Crippen molar-refractivity contribution in [2.24, 2.45) is 0 Å². The molecule has 0 atom stereocenters. The summed E-state index contributed by atoms with van der Waals surface area (Å²) in [5.41, 5.74) is 2.28. The number of hydrogen-bond acceptors (Lipinski definition) is 5. The summed E-state index contributed by atoms with van der Waals surface area (Å²) in [5.74, 6) is 1.45. The molecule has 0 saturated carbocycles. The Hall–Kier alpha value is -2.76. The Morgan fingerprint density at radius 3 is 2.79 bits per heavy atom. The van der Waals surface area contributed by atoms with Crippen LogP contribution in [-0.2, 0) is 0 Å². The summed E-state index contributed by atoms with van der Waals surface area (Å²) in [5, 5.41) is 13.4. The lowest BCUT2D eigenvalue weighted by molar-refractivity contribution is 0.318. The van der Waals surface area contributed by atoms with Crippen LogP contribution in [-0.4, -0.2) is 31.6 Å². The van der Waals surface area contributed by atoms with E-state index in [1.54, 1.807) is 18.5 Å². The van der Waals surface area contributed by atoms with Gasteiger partial charge in [-0.1, -0.05) is 0 Å². The molecular formula is C18H22N4O2. The van der Waals surface area contributed by atoms with Crippen molar-refractivity contribution in [2.45, 2.75) is 33.2 Å². The number of anilines is 1. The number of nitrogens with one attached hydrogen (secondary N) is 1. The minimum atomic E-state index is -0.131. The van der Waals surface area contributed by atoms with Crippen molar-refractivity contribution in [3.63, 3.8) is 0 Å². The Kier molecular flexibility index (Phi) is 4.05. The molecule has 0 radical (unpaired) electrons. The lowest BCUT2D eigenvalue weighted by atomic mass is 10.1. The number of phenols is 1. The minimum Gasteiger partial charge on any atom is -0.504 e. The monoisotopic (exact) mass is 326 g/mol. The molecule has 6 nitrogen and oxygen atoms in total. The fraction of sp³-hybridized carbons (Fsp3) is 0.333. The number of rotatable bonds is 4. The van der Waals surface area contributed by atoms with Gasteiger partial charge in [0.25, 0.3) is 0 Å². The van der Waals surface area contributed by atoms with Crippen molar-refractivity contribution in [2.75, 3.05) is 11.9 Å². The first-order chi connectivity index (χ1) is 11.4. The second-order valence-electron chi connectivity index (χ2n) is 6.60.